The fourth-order valence-corrected chi connectivity index (χ4v) is 2.32. The second kappa shape index (κ2) is 6.12. The molecule has 118 valence electrons. The average molecular weight is 313 g/mol. The van der Waals surface area contributed by atoms with E-state index in [0.717, 1.165) is 11.4 Å². The van der Waals surface area contributed by atoms with E-state index < -0.39 is 0 Å². The van der Waals surface area contributed by atoms with E-state index in [-0.39, 0.29) is 24.7 Å². The monoisotopic (exact) mass is 313 g/mol. The van der Waals surface area contributed by atoms with Gasteiger partial charge in [-0.3, -0.25) is 4.79 Å². The van der Waals surface area contributed by atoms with Crippen LogP contribution in [0.5, 0.6) is 0 Å². The zero-order valence-corrected chi connectivity index (χ0v) is 12.9. The van der Waals surface area contributed by atoms with Crippen LogP contribution in [-0.2, 0) is 17.8 Å². The van der Waals surface area contributed by atoms with Gasteiger partial charge in [0.2, 0.25) is 5.91 Å². The molecule has 7 heteroatoms. The van der Waals surface area contributed by atoms with Gasteiger partial charge in [-0.1, -0.05) is 18.2 Å². The van der Waals surface area contributed by atoms with E-state index >= 15 is 0 Å². The van der Waals surface area contributed by atoms with Crippen molar-refractivity contribution in [3.8, 4) is 0 Å². The highest BCUT2D eigenvalue weighted by Crippen LogP contribution is 2.07. The second-order valence-corrected chi connectivity index (χ2v) is 5.32. The van der Waals surface area contributed by atoms with Gasteiger partial charge in [0.15, 0.2) is 5.82 Å². The predicted molar refractivity (Wildman–Crippen MR) is 82.2 cm³/mol. The standard InChI is InChI=1S/C16H16FN5O/c1-10-7-11(2)22-16(19-10)20-14(21-22)8-15(23)18-9-12-5-3-4-6-13(12)17/h3-7H,8-9H2,1-2H3,(H,18,23). The molecule has 0 spiro atoms. The number of aromatic nitrogens is 4. The molecule has 1 amide bonds. The van der Waals surface area contributed by atoms with Gasteiger partial charge in [0.05, 0.1) is 6.42 Å². The van der Waals surface area contributed by atoms with Gasteiger partial charge in [-0.15, -0.1) is 5.10 Å². The van der Waals surface area contributed by atoms with Crippen molar-refractivity contribution in [2.75, 3.05) is 0 Å². The lowest BCUT2D eigenvalue weighted by Crippen LogP contribution is -2.25. The maximum atomic E-state index is 13.5. The van der Waals surface area contributed by atoms with Crippen molar-refractivity contribution in [2.45, 2.75) is 26.8 Å². The van der Waals surface area contributed by atoms with Gasteiger partial charge in [0.1, 0.15) is 5.82 Å². The minimum atomic E-state index is -0.339. The van der Waals surface area contributed by atoms with Gasteiger partial charge in [0.25, 0.3) is 5.78 Å². The Labute approximate surface area is 132 Å². The number of carbonyl (C=O) groups excluding carboxylic acids is 1. The first kappa shape index (κ1) is 15.1. The van der Waals surface area contributed by atoms with Crippen molar-refractivity contribution < 1.29 is 9.18 Å². The molecule has 3 rings (SSSR count). The minimum absolute atomic E-state index is 0.0241. The van der Waals surface area contributed by atoms with Crippen molar-refractivity contribution in [1.29, 1.82) is 0 Å². The Balaban J connectivity index is 1.68. The smallest absolute Gasteiger partial charge is 0.252 e. The molecule has 1 N–H and O–H groups in total. The molecule has 0 fully saturated rings. The number of hydrogen-bond acceptors (Lipinski definition) is 4. The maximum absolute atomic E-state index is 13.5. The van der Waals surface area contributed by atoms with Gasteiger partial charge in [-0.2, -0.15) is 4.98 Å². The van der Waals surface area contributed by atoms with Crippen molar-refractivity contribution in [2.24, 2.45) is 0 Å². The maximum Gasteiger partial charge on any atom is 0.252 e. The lowest BCUT2D eigenvalue weighted by atomic mass is 10.2. The normalized spacial score (nSPS) is 10.9. The number of rotatable bonds is 4. The number of amides is 1. The van der Waals surface area contributed by atoms with Crippen LogP contribution in [0, 0.1) is 19.7 Å². The summed E-state index contributed by atoms with van der Waals surface area (Å²) in [6, 6.07) is 8.23. The first-order valence-electron chi connectivity index (χ1n) is 7.23. The van der Waals surface area contributed by atoms with Crippen LogP contribution in [0.3, 0.4) is 0 Å². The summed E-state index contributed by atoms with van der Waals surface area (Å²) in [5.41, 5.74) is 2.19. The summed E-state index contributed by atoms with van der Waals surface area (Å²) >= 11 is 0. The number of aryl methyl sites for hydroxylation is 2. The molecule has 1 aromatic carbocycles. The number of halogens is 1. The topological polar surface area (TPSA) is 72.2 Å². The molecule has 0 saturated carbocycles. The van der Waals surface area contributed by atoms with Gasteiger partial charge in [-0.05, 0) is 26.0 Å². The molecule has 2 heterocycles. The Kier molecular flexibility index (Phi) is 4.01. The number of fused-ring (bicyclic) bond motifs is 1. The fraction of sp³-hybridized carbons (Fsp3) is 0.250. The molecule has 0 bridgehead atoms. The van der Waals surface area contributed by atoms with Crippen LogP contribution in [0.4, 0.5) is 4.39 Å². The Morgan fingerprint density at radius 3 is 2.83 bits per heavy atom. The number of hydrogen-bond donors (Lipinski definition) is 1. The predicted octanol–water partition coefficient (Wildman–Crippen LogP) is 1.74. The lowest BCUT2D eigenvalue weighted by molar-refractivity contribution is -0.120. The molecule has 6 nitrogen and oxygen atoms in total. The highest BCUT2D eigenvalue weighted by molar-refractivity contribution is 5.77. The largest absolute Gasteiger partial charge is 0.352 e. The van der Waals surface area contributed by atoms with Crippen LogP contribution in [0.15, 0.2) is 30.3 Å². The van der Waals surface area contributed by atoms with Crippen LogP contribution >= 0.6 is 0 Å². The van der Waals surface area contributed by atoms with E-state index in [4.69, 9.17) is 0 Å². The summed E-state index contributed by atoms with van der Waals surface area (Å²) in [5.74, 6) is 0.254. The molecular weight excluding hydrogens is 297 g/mol. The van der Waals surface area contributed by atoms with Crippen LogP contribution in [0.1, 0.15) is 22.8 Å². The molecule has 0 aliphatic carbocycles. The summed E-state index contributed by atoms with van der Waals surface area (Å²) in [6.45, 7) is 3.91. The molecule has 0 aliphatic rings. The Hall–Kier alpha value is -2.83. The van der Waals surface area contributed by atoms with E-state index in [1.165, 1.54) is 6.07 Å². The van der Waals surface area contributed by atoms with E-state index in [0.29, 0.717) is 17.2 Å². The van der Waals surface area contributed by atoms with Crippen LogP contribution in [-0.4, -0.2) is 25.5 Å². The van der Waals surface area contributed by atoms with E-state index in [2.05, 4.69) is 20.4 Å². The summed E-state index contributed by atoms with van der Waals surface area (Å²) in [4.78, 5) is 20.5. The zero-order chi connectivity index (χ0) is 16.4. The Morgan fingerprint density at radius 1 is 1.26 bits per heavy atom. The van der Waals surface area contributed by atoms with Gasteiger partial charge >= 0.3 is 0 Å². The SMILES string of the molecule is Cc1cc(C)n2nc(CC(=O)NCc3ccccc3F)nc2n1. The van der Waals surface area contributed by atoms with E-state index in [1.54, 1.807) is 22.7 Å². The van der Waals surface area contributed by atoms with Crippen molar-refractivity contribution in [3.05, 3.63) is 58.9 Å². The third-order valence-corrected chi connectivity index (χ3v) is 3.41. The molecule has 0 atom stereocenters. The molecule has 0 aliphatic heterocycles. The van der Waals surface area contributed by atoms with Crippen molar-refractivity contribution in [3.63, 3.8) is 0 Å². The quantitative estimate of drug-likeness (QED) is 0.796. The summed E-state index contributed by atoms with van der Waals surface area (Å²) < 4.78 is 15.1. The summed E-state index contributed by atoms with van der Waals surface area (Å²) in [5, 5.41) is 6.94. The van der Waals surface area contributed by atoms with E-state index in [1.807, 2.05) is 19.9 Å². The van der Waals surface area contributed by atoms with Gasteiger partial charge in [0, 0.05) is 23.5 Å². The lowest BCUT2D eigenvalue weighted by Gasteiger charge is -2.04. The Morgan fingerprint density at radius 2 is 2.04 bits per heavy atom. The van der Waals surface area contributed by atoms with E-state index in [9.17, 15) is 9.18 Å². The Bertz CT molecular complexity index is 874. The molecule has 0 saturated heterocycles. The van der Waals surface area contributed by atoms with Crippen LogP contribution < -0.4 is 5.32 Å². The van der Waals surface area contributed by atoms with Gasteiger partial charge in [-0.25, -0.2) is 13.9 Å². The molecule has 3 aromatic rings. The number of benzene rings is 1. The van der Waals surface area contributed by atoms with Crippen LogP contribution in [0.25, 0.3) is 5.78 Å². The molecule has 2 aromatic heterocycles. The molecular formula is C16H16FN5O. The highest BCUT2D eigenvalue weighted by Gasteiger charge is 2.12. The fourth-order valence-electron chi connectivity index (χ4n) is 2.32. The third kappa shape index (κ3) is 3.33. The first-order valence-corrected chi connectivity index (χ1v) is 7.23. The molecule has 23 heavy (non-hydrogen) atoms. The minimum Gasteiger partial charge on any atom is -0.352 e. The van der Waals surface area contributed by atoms with Crippen LogP contribution in [0.2, 0.25) is 0 Å². The highest BCUT2D eigenvalue weighted by atomic mass is 19.1. The number of nitrogens with zero attached hydrogens (tertiary/aromatic N) is 4. The van der Waals surface area contributed by atoms with Crippen molar-refractivity contribution >= 4 is 11.7 Å². The molecule has 0 radical (unpaired) electrons. The average Bonchev–Trinajstić information content (AvgIpc) is 2.89. The number of carbonyl (C=O) groups is 1. The van der Waals surface area contributed by atoms with Crippen molar-refractivity contribution in [1.82, 2.24) is 24.9 Å². The second-order valence-electron chi connectivity index (χ2n) is 5.32. The third-order valence-electron chi connectivity index (χ3n) is 3.41. The zero-order valence-electron chi connectivity index (χ0n) is 12.9. The first-order chi connectivity index (χ1) is 11.0. The summed E-state index contributed by atoms with van der Waals surface area (Å²) in [7, 11) is 0. The summed E-state index contributed by atoms with van der Waals surface area (Å²) in [6.07, 6.45) is 0.0241. The number of nitrogens with one attached hydrogen (secondary N) is 1. The van der Waals surface area contributed by atoms with Gasteiger partial charge < -0.3 is 5.32 Å². The molecule has 0 unspecified atom stereocenters.